The van der Waals surface area contributed by atoms with Crippen LogP contribution in [0, 0.1) is 11.6 Å². The molecule has 0 radical (unpaired) electrons. The van der Waals surface area contributed by atoms with Crippen LogP contribution >= 0.6 is 0 Å². The fraction of sp³-hybridized carbons (Fsp3) is 0.310. The van der Waals surface area contributed by atoms with Gasteiger partial charge < -0.3 is 15.4 Å². The summed E-state index contributed by atoms with van der Waals surface area (Å²) >= 11 is 0. The van der Waals surface area contributed by atoms with E-state index in [-0.39, 0.29) is 17.5 Å². The van der Waals surface area contributed by atoms with Crippen molar-refractivity contribution in [3.63, 3.8) is 0 Å². The molecule has 5 rings (SSSR count). The molecule has 1 unspecified atom stereocenters. The highest BCUT2D eigenvalue weighted by molar-refractivity contribution is 5.98. The minimum absolute atomic E-state index is 0.0604. The molecule has 0 saturated heterocycles. The number of halogens is 2. The number of methoxy groups -OCH3 is 1. The first-order valence-electron chi connectivity index (χ1n) is 12.3. The third-order valence-electron chi connectivity index (χ3n) is 7.55. The summed E-state index contributed by atoms with van der Waals surface area (Å²) in [4.78, 5) is 28.2. The van der Waals surface area contributed by atoms with E-state index in [9.17, 15) is 18.4 Å². The Morgan fingerprint density at radius 1 is 1.00 bits per heavy atom. The second-order valence-corrected chi connectivity index (χ2v) is 9.80. The number of ether oxygens (including phenoxy) is 1. The molecule has 1 fully saturated rings. The number of nitrogens with zero attached hydrogens (tertiary/aromatic N) is 1. The van der Waals surface area contributed by atoms with E-state index in [0.29, 0.717) is 24.9 Å². The van der Waals surface area contributed by atoms with Gasteiger partial charge in [-0.25, -0.2) is 4.39 Å². The van der Waals surface area contributed by atoms with E-state index >= 15 is 0 Å². The normalized spacial score (nSPS) is 18.3. The zero-order valence-electron chi connectivity index (χ0n) is 20.8. The molecular formula is C29H29F2N3O3. The molecule has 3 aromatic carbocycles. The summed E-state index contributed by atoms with van der Waals surface area (Å²) in [5, 5.41) is 6.03. The average molecular weight is 506 g/mol. The Hall–Kier alpha value is -3.78. The van der Waals surface area contributed by atoms with E-state index in [0.717, 1.165) is 24.6 Å². The van der Waals surface area contributed by atoms with Crippen molar-refractivity contribution in [3.8, 4) is 5.75 Å². The number of rotatable bonds is 6. The Kier molecular flexibility index (Phi) is 6.69. The maximum Gasteiger partial charge on any atom is 0.255 e. The van der Waals surface area contributed by atoms with Crippen LogP contribution < -0.4 is 15.4 Å². The molecule has 2 aliphatic rings. The summed E-state index contributed by atoms with van der Waals surface area (Å²) in [5.41, 5.74) is 3.31. The summed E-state index contributed by atoms with van der Waals surface area (Å²) in [6.45, 7) is 0.720. The molecule has 2 amide bonds. The Morgan fingerprint density at radius 2 is 1.70 bits per heavy atom. The number of hydrogen-bond acceptors (Lipinski definition) is 4. The Morgan fingerprint density at radius 3 is 2.35 bits per heavy atom. The number of amides is 2. The van der Waals surface area contributed by atoms with Gasteiger partial charge in [0.05, 0.1) is 24.3 Å². The van der Waals surface area contributed by atoms with E-state index in [1.54, 1.807) is 0 Å². The van der Waals surface area contributed by atoms with E-state index in [1.165, 1.54) is 24.3 Å². The van der Waals surface area contributed by atoms with E-state index in [1.807, 2.05) is 43.4 Å². The average Bonchev–Trinajstić information content (AvgIpc) is 2.87. The second-order valence-electron chi connectivity index (χ2n) is 9.80. The highest BCUT2D eigenvalue weighted by atomic mass is 19.2. The van der Waals surface area contributed by atoms with Gasteiger partial charge in [0.1, 0.15) is 0 Å². The van der Waals surface area contributed by atoms with Gasteiger partial charge in [0.2, 0.25) is 11.7 Å². The molecule has 1 aliphatic carbocycles. The summed E-state index contributed by atoms with van der Waals surface area (Å²) in [7, 11) is 3.15. The van der Waals surface area contributed by atoms with Crippen LogP contribution in [0.3, 0.4) is 0 Å². The van der Waals surface area contributed by atoms with Gasteiger partial charge in [-0.15, -0.1) is 0 Å². The summed E-state index contributed by atoms with van der Waals surface area (Å²) in [6.07, 6.45) is 2.99. The zero-order chi connectivity index (χ0) is 26.2. The van der Waals surface area contributed by atoms with Gasteiger partial charge in [0.25, 0.3) is 5.91 Å². The highest BCUT2D eigenvalue weighted by Gasteiger charge is 2.41. The van der Waals surface area contributed by atoms with Crippen molar-refractivity contribution in [1.82, 2.24) is 10.2 Å². The number of likely N-dealkylation sites (N-methyl/N-ethyl adjacent to an activating group) is 1. The predicted octanol–water partition coefficient (Wildman–Crippen LogP) is 4.78. The molecule has 1 saturated carbocycles. The van der Waals surface area contributed by atoms with E-state index in [2.05, 4.69) is 27.7 Å². The third kappa shape index (κ3) is 4.69. The first-order chi connectivity index (χ1) is 17.8. The van der Waals surface area contributed by atoms with Crippen molar-refractivity contribution < 1.29 is 23.1 Å². The van der Waals surface area contributed by atoms with Crippen molar-refractivity contribution in [2.75, 3.05) is 19.5 Å². The molecule has 192 valence electrons. The number of carbonyl (C=O) groups excluding carboxylic acids is 2. The molecule has 0 aromatic heterocycles. The van der Waals surface area contributed by atoms with Crippen molar-refractivity contribution in [2.24, 2.45) is 0 Å². The lowest BCUT2D eigenvalue weighted by Crippen LogP contribution is -2.50. The molecular weight excluding hydrogens is 476 g/mol. The third-order valence-corrected chi connectivity index (χ3v) is 7.55. The molecule has 6 nitrogen and oxygen atoms in total. The molecule has 1 aliphatic heterocycles. The highest BCUT2D eigenvalue weighted by Crippen LogP contribution is 2.42. The molecule has 0 bridgehead atoms. The fourth-order valence-electron chi connectivity index (χ4n) is 5.26. The van der Waals surface area contributed by atoms with Crippen LogP contribution in [0.4, 0.5) is 14.5 Å². The van der Waals surface area contributed by atoms with Crippen molar-refractivity contribution in [2.45, 2.75) is 43.8 Å². The number of nitrogens with one attached hydrogen (secondary N) is 2. The Balaban J connectivity index is 1.29. The lowest BCUT2D eigenvalue weighted by Gasteiger charge is -2.43. The molecule has 37 heavy (non-hydrogen) atoms. The summed E-state index contributed by atoms with van der Waals surface area (Å²) in [6, 6.07) is 17.5. The number of benzene rings is 3. The van der Waals surface area contributed by atoms with Crippen LogP contribution in [0.1, 0.15) is 46.3 Å². The number of carbonyl (C=O) groups is 2. The number of anilines is 1. The van der Waals surface area contributed by atoms with Gasteiger partial charge in [0, 0.05) is 12.2 Å². The number of hydrogen-bond donors (Lipinski definition) is 2. The van der Waals surface area contributed by atoms with E-state index in [4.69, 9.17) is 4.74 Å². The summed E-state index contributed by atoms with van der Waals surface area (Å²) < 4.78 is 32.7. The van der Waals surface area contributed by atoms with Crippen LogP contribution in [-0.4, -0.2) is 36.9 Å². The van der Waals surface area contributed by atoms with Crippen LogP contribution in [0.5, 0.6) is 5.75 Å². The largest absolute Gasteiger partial charge is 0.493 e. The topological polar surface area (TPSA) is 70.7 Å². The van der Waals surface area contributed by atoms with Crippen molar-refractivity contribution in [3.05, 3.63) is 94.6 Å². The molecule has 1 heterocycles. The molecule has 8 heteroatoms. The SMILES string of the molecule is COc1c(C(=O)NC2(c3ccc(NC(=O)C4Cc5ccccc5CN4C)cc3)CCC2)ccc(F)c1F. The van der Waals surface area contributed by atoms with Gasteiger partial charge in [-0.1, -0.05) is 36.4 Å². The van der Waals surface area contributed by atoms with Crippen LogP contribution in [0.25, 0.3) is 0 Å². The standard InChI is InChI=1S/C29H29F2N3O3/c1-34-17-19-7-4-3-6-18(19)16-24(34)28(36)32-21-10-8-20(9-11-21)29(14-5-15-29)33-27(35)22-12-13-23(30)25(31)26(22)37-2/h3-4,6-13,24H,5,14-17H2,1-2H3,(H,32,36)(H,33,35). The number of fused-ring (bicyclic) bond motifs is 1. The maximum absolute atomic E-state index is 14.1. The lowest BCUT2D eigenvalue weighted by molar-refractivity contribution is -0.121. The van der Waals surface area contributed by atoms with Crippen LogP contribution in [-0.2, 0) is 23.3 Å². The fourth-order valence-corrected chi connectivity index (χ4v) is 5.26. The predicted molar refractivity (Wildman–Crippen MR) is 136 cm³/mol. The molecule has 3 aromatic rings. The smallest absolute Gasteiger partial charge is 0.255 e. The van der Waals surface area contributed by atoms with Gasteiger partial charge in [0.15, 0.2) is 11.6 Å². The minimum atomic E-state index is -1.19. The minimum Gasteiger partial charge on any atom is -0.493 e. The Bertz CT molecular complexity index is 1340. The molecule has 1 atom stereocenters. The van der Waals surface area contributed by atoms with Gasteiger partial charge in [-0.3, -0.25) is 14.5 Å². The van der Waals surface area contributed by atoms with Crippen LogP contribution in [0.15, 0.2) is 60.7 Å². The lowest BCUT2D eigenvalue weighted by atomic mass is 9.71. The van der Waals surface area contributed by atoms with Gasteiger partial charge in [-0.2, -0.15) is 4.39 Å². The first kappa shape index (κ1) is 24.9. The van der Waals surface area contributed by atoms with Gasteiger partial charge in [-0.05, 0) is 73.7 Å². The monoisotopic (exact) mass is 505 g/mol. The molecule has 2 N–H and O–H groups in total. The summed E-state index contributed by atoms with van der Waals surface area (Å²) in [5.74, 6) is -3.28. The van der Waals surface area contributed by atoms with Crippen molar-refractivity contribution in [1.29, 1.82) is 0 Å². The van der Waals surface area contributed by atoms with Crippen molar-refractivity contribution >= 4 is 17.5 Å². The first-order valence-corrected chi connectivity index (χ1v) is 12.3. The second kappa shape index (κ2) is 9.94. The Labute approximate surface area is 214 Å². The maximum atomic E-state index is 14.1. The quantitative estimate of drug-likeness (QED) is 0.506. The molecule has 0 spiro atoms. The van der Waals surface area contributed by atoms with Gasteiger partial charge >= 0.3 is 0 Å². The van der Waals surface area contributed by atoms with Crippen LogP contribution in [0.2, 0.25) is 0 Å². The van der Waals surface area contributed by atoms with E-state index < -0.39 is 28.8 Å². The zero-order valence-corrected chi connectivity index (χ0v) is 20.8.